The molecule has 1 fully saturated rings. The van der Waals surface area contributed by atoms with E-state index in [0.29, 0.717) is 17.8 Å². The molecule has 0 atom stereocenters. The molecule has 1 heterocycles. The molecule has 0 radical (unpaired) electrons. The summed E-state index contributed by atoms with van der Waals surface area (Å²) in [6, 6.07) is 7.14. The second-order valence-electron chi connectivity index (χ2n) is 4.99. The Labute approximate surface area is 119 Å². The first-order valence-electron chi connectivity index (χ1n) is 7.10. The first kappa shape index (κ1) is 14.5. The van der Waals surface area contributed by atoms with E-state index in [2.05, 4.69) is 5.32 Å². The van der Waals surface area contributed by atoms with Crippen molar-refractivity contribution in [2.24, 2.45) is 5.73 Å². The van der Waals surface area contributed by atoms with Crippen molar-refractivity contribution in [3.8, 4) is 0 Å². The molecule has 1 aromatic carbocycles. The van der Waals surface area contributed by atoms with Gasteiger partial charge in [0, 0.05) is 26.1 Å². The van der Waals surface area contributed by atoms with Crippen LogP contribution in [-0.4, -0.2) is 36.3 Å². The highest BCUT2D eigenvalue weighted by atomic mass is 16.2. The van der Waals surface area contributed by atoms with Crippen LogP contribution in [0.25, 0.3) is 0 Å². The van der Waals surface area contributed by atoms with E-state index in [-0.39, 0.29) is 18.2 Å². The minimum atomic E-state index is -0.161. The lowest BCUT2D eigenvalue weighted by Gasteiger charge is -2.27. The van der Waals surface area contributed by atoms with Gasteiger partial charge in [-0.25, -0.2) is 0 Å². The zero-order valence-electron chi connectivity index (χ0n) is 11.6. The summed E-state index contributed by atoms with van der Waals surface area (Å²) in [5.74, 6) is -0.167. The maximum atomic E-state index is 12.5. The Kier molecular flexibility index (Phi) is 5.12. The molecule has 3 N–H and O–H groups in total. The number of nitrogens with two attached hydrogens (primary N) is 1. The van der Waals surface area contributed by atoms with Crippen molar-refractivity contribution < 1.29 is 9.59 Å². The Morgan fingerprint density at radius 1 is 1.15 bits per heavy atom. The van der Waals surface area contributed by atoms with Gasteiger partial charge in [-0.15, -0.1) is 0 Å². The number of benzene rings is 1. The van der Waals surface area contributed by atoms with Gasteiger partial charge in [0.15, 0.2) is 0 Å². The van der Waals surface area contributed by atoms with E-state index in [4.69, 9.17) is 5.73 Å². The van der Waals surface area contributed by atoms with E-state index in [1.165, 1.54) is 6.42 Å². The first-order chi connectivity index (χ1) is 9.72. The number of nitrogens with one attached hydrogen (secondary N) is 1. The highest BCUT2D eigenvalue weighted by Gasteiger charge is 2.20. The Balaban J connectivity index is 2.14. The number of hydrogen-bond acceptors (Lipinski definition) is 3. The zero-order valence-corrected chi connectivity index (χ0v) is 11.6. The van der Waals surface area contributed by atoms with Crippen LogP contribution in [0.4, 0.5) is 5.69 Å². The Morgan fingerprint density at radius 2 is 1.85 bits per heavy atom. The first-order valence-corrected chi connectivity index (χ1v) is 7.10. The smallest absolute Gasteiger partial charge is 0.255 e. The molecule has 0 bridgehead atoms. The molecule has 5 heteroatoms. The van der Waals surface area contributed by atoms with Crippen molar-refractivity contribution in [2.75, 3.05) is 25.0 Å². The summed E-state index contributed by atoms with van der Waals surface area (Å²) in [7, 11) is 0. The average molecular weight is 275 g/mol. The molecule has 20 heavy (non-hydrogen) atoms. The number of nitrogens with zero attached hydrogens (tertiary/aromatic N) is 1. The van der Waals surface area contributed by atoms with Crippen molar-refractivity contribution in [2.45, 2.75) is 25.7 Å². The molecule has 1 saturated heterocycles. The molecule has 0 aromatic heterocycles. The topological polar surface area (TPSA) is 75.4 Å². The molecule has 108 valence electrons. The largest absolute Gasteiger partial charge is 0.339 e. The highest BCUT2D eigenvalue weighted by molar-refractivity contribution is 6.03. The summed E-state index contributed by atoms with van der Waals surface area (Å²) in [5, 5.41) is 2.77. The standard InChI is InChI=1S/C15H21N3O2/c16-9-8-14(19)17-13-7-3-2-6-12(13)15(20)18-10-4-1-5-11-18/h2-3,6-7H,1,4-5,8-11,16H2,(H,17,19). The fraction of sp³-hybridized carbons (Fsp3) is 0.467. The number of rotatable bonds is 4. The molecule has 1 aromatic rings. The van der Waals surface area contributed by atoms with Crippen LogP contribution < -0.4 is 11.1 Å². The molecule has 2 rings (SSSR count). The Hall–Kier alpha value is -1.88. The number of carbonyl (C=O) groups excluding carboxylic acids is 2. The lowest BCUT2D eigenvalue weighted by atomic mass is 10.1. The summed E-state index contributed by atoms with van der Waals surface area (Å²) in [6.45, 7) is 1.89. The van der Waals surface area contributed by atoms with Crippen molar-refractivity contribution in [1.29, 1.82) is 0 Å². The van der Waals surface area contributed by atoms with Gasteiger partial charge in [-0.05, 0) is 31.4 Å². The van der Waals surface area contributed by atoms with Gasteiger partial charge in [-0.1, -0.05) is 12.1 Å². The number of para-hydroxylation sites is 1. The lowest BCUT2D eigenvalue weighted by molar-refractivity contribution is -0.116. The summed E-state index contributed by atoms with van der Waals surface area (Å²) < 4.78 is 0. The minimum Gasteiger partial charge on any atom is -0.339 e. The third-order valence-corrected chi connectivity index (χ3v) is 3.45. The van der Waals surface area contributed by atoms with Crippen molar-refractivity contribution in [3.05, 3.63) is 29.8 Å². The van der Waals surface area contributed by atoms with Gasteiger partial charge in [0.1, 0.15) is 0 Å². The van der Waals surface area contributed by atoms with Crippen LogP contribution in [0.3, 0.4) is 0 Å². The van der Waals surface area contributed by atoms with E-state index in [1.807, 2.05) is 17.0 Å². The Bertz CT molecular complexity index is 482. The van der Waals surface area contributed by atoms with Crippen LogP contribution in [0, 0.1) is 0 Å². The summed E-state index contributed by atoms with van der Waals surface area (Å²) in [6.07, 6.45) is 3.53. The molecule has 1 aliphatic heterocycles. The van der Waals surface area contributed by atoms with Gasteiger partial charge in [-0.3, -0.25) is 9.59 Å². The van der Waals surface area contributed by atoms with Crippen molar-refractivity contribution in [1.82, 2.24) is 4.90 Å². The second kappa shape index (κ2) is 7.05. The van der Waals surface area contributed by atoms with E-state index >= 15 is 0 Å². The van der Waals surface area contributed by atoms with Crippen LogP contribution in [0.2, 0.25) is 0 Å². The van der Waals surface area contributed by atoms with Gasteiger partial charge in [0.05, 0.1) is 11.3 Å². The van der Waals surface area contributed by atoms with Crippen LogP contribution in [0.1, 0.15) is 36.0 Å². The number of hydrogen-bond donors (Lipinski definition) is 2. The molecule has 0 saturated carbocycles. The second-order valence-corrected chi connectivity index (χ2v) is 4.99. The molecule has 0 aliphatic carbocycles. The Morgan fingerprint density at radius 3 is 2.55 bits per heavy atom. The summed E-state index contributed by atoms with van der Waals surface area (Å²) in [5.41, 5.74) is 6.49. The maximum absolute atomic E-state index is 12.5. The van der Waals surface area contributed by atoms with E-state index in [1.54, 1.807) is 12.1 Å². The SMILES string of the molecule is NCCC(=O)Nc1ccccc1C(=O)N1CCCCC1. The monoisotopic (exact) mass is 275 g/mol. The third kappa shape index (κ3) is 3.57. The fourth-order valence-electron chi connectivity index (χ4n) is 2.39. The molecule has 2 amide bonds. The van der Waals surface area contributed by atoms with E-state index in [0.717, 1.165) is 25.9 Å². The predicted octanol–water partition coefficient (Wildman–Crippen LogP) is 1.60. The number of amides is 2. The van der Waals surface area contributed by atoms with E-state index in [9.17, 15) is 9.59 Å². The molecule has 5 nitrogen and oxygen atoms in total. The average Bonchev–Trinajstić information content (AvgIpc) is 2.48. The van der Waals surface area contributed by atoms with Gasteiger partial charge in [0.25, 0.3) is 5.91 Å². The summed E-state index contributed by atoms with van der Waals surface area (Å²) >= 11 is 0. The van der Waals surface area contributed by atoms with Crippen LogP contribution in [0.15, 0.2) is 24.3 Å². The zero-order chi connectivity index (χ0) is 14.4. The molecular formula is C15H21N3O2. The fourth-order valence-corrected chi connectivity index (χ4v) is 2.39. The van der Waals surface area contributed by atoms with Gasteiger partial charge < -0.3 is 16.0 Å². The number of piperidine rings is 1. The normalized spacial score (nSPS) is 14.9. The van der Waals surface area contributed by atoms with Gasteiger partial charge >= 0.3 is 0 Å². The molecular weight excluding hydrogens is 254 g/mol. The molecule has 1 aliphatic rings. The van der Waals surface area contributed by atoms with E-state index < -0.39 is 0 Å². The number of carbonyl (C=O) groups is 2. The lowest BCUT2D eigenvalue weighted by Crippen LogP contribution is -2.36. The maximum Gasteiger partial charge on any atom is 0.255 e. The van der Waals surface area contributed by atoms with Crippen LogP contribution in [-0.2, 0) is 4.79 Å². The third-order valence-electron chi connectivity index (χ3n) is 3.45. The van der Waals surface area contributed by atoms with Crippen molar-refractivity contribution >= 4 is 17.5 Å². The quantitative estimate of drug-likeness (QED) is 0.876. The van der Waals surface area contributed by atoms with Gasteiger partial charge in [0.2, 0.25) is 5.91 Å². The minimum absolute atomic E-state index is 0.00616. The van der Waals surface area contributed by atoms with Crippen LogP contribution in [0.5, 0.6) is 0 Å². The summed E-state index contributed by atoms with van der Waals surface area (Å²) in [4.78, 5) is 26.0. The number of likely N-dealkylation sites (tertiary alicyclic amines) is 1. The molecule has 0 spiro atoms. The highest BCUT2D eigenvalue weighted by Crippen LogP contribution is 2.20. The van der Waals surface area contributed by atoms with Crippen LogP contribution >= 0.6 is 0 Å². The van der Waals surface area contributed by atoms with Crippen molar-refractivity contribution in [3.63, 3.8) is 0 Å². The van der Waals surface area contributed by atoms with Gasteiger partial charge in [-0.2, -0.15) is 0 Å². The number of anilines is 1. The predicted molar refractivity (Wildman–Crippen MR) is 78.5 cm³/mol. The molecule has 0 unspecified atom stereocenters.